The van der Waals surface area contributed by atoms with E-state index < -0.39 is 10.5 Å². The summed E-state index contributed by atoms with van der Waals surface area (Å²) in [5, 5.41) is 24.5. The minimum atomic E-state index is -0.781. The van der Waals surface area contributed by atoms with E-state index in [9.17, 15) is 15.2 Å². The maximum Gasteiger partial charge on any atom is 0.311 e. The van der Waals surface area contributed by atoms with Gasteiger partial charge < -0.3 is 10.4 Å². The Balaban J connectivity index is 2.08. The topological polar surface area (TPSA) is 88.3 Å². The highest BCUT2D eigenvalue weighted by Gasteiger charge is 2.28. The van der Waals surface area contributed by atoms with Crippen LogP contribution in [-0.4, -0.2) is 27.2 Å². The highest BCUT2D eigenvalue weighted by atomic mass is 16.6. The molecule has 1 saturated carbocycles. The summed E-state index contributed by atoms with van der Waals surface area (Å²) in [5.74, 6) is 0.235. The fourth-order valence-electron chi connectivity index (χ4n) is 2.64. The van der Waals surface area contributed by atoms with Gasteiger partial charge >= 0.3 is 5.69 Å². The van der Waals surface area contributed by atoms with Gasteiger partial charge in [-0.1, -0.05) is 25.7 Å². The maximum absolute atomic E-state index is 11.0. The van der Waals surface area contributed by atoms with Crippen molar-refractivity contribution >= 4 is 11.5 Å². The second-order valence-electron chi connectivity index (χ2n) is 5.63. The number of nitrogens with one attached hydrogen (secondary N) is 1. The van der Waals surface area contributed by atoms with Gasteiger partial charge in [-0.3, -0.25) is 10.1 Å². The lowest BCUT2D eigenvalue weighted by atomic mass is 9.94. The maximum atomic E-state index is 11.0. The van der Waals surface area contributed by atoms with Crippen molar-refractivity contribution in [1.82, 2.24) is 4.98 Å². The molecule has 0 atom stereocenters. The molecule has 0 saturated heterocycles. The third kappa shape index (κ3) is 3.66. The number of nitro groups is 1. The van der Waals surface area contributed by atoms with E-state index in [0.29, 0.717) is 6.54 Å². The fourth-order valence-corrected chi connectivity index (χ4v) is 2.64. The van der Waals surface area contributed by atoms with Gasteiger partial charge in [-0.15, -0.1) is 0 Å². The first-order chi connectivity index (χ1) is 9.50. The average Bonchev–Trinajstić information content (AvgIpc) is 2.62. The van der Waals surface area contributed by atoms with Gasteiger partial charge in [0.1, 0.15) is 0 Å². The molecule has 0 bridgehead atoms. The summed E-state index contributed by atoms with van der Waals surface area (Å²) < 4.78 is 0. The van der Waals surface area contributed by atoms with Gasteiger partial charge in [0.15, 0.2) is 0 Å². The number of hydrogen-bond acceptors (Lipinski definition) is 5. The lowest BCUT2D eigenvalue weighted by Gasteiger charge is -2.26. The van der Waals surface area contributed by atoms with Crippen LogP contribution in [0, 0.1) is 17.0 Å². The molecule has 2 rings (SSSR count). The summed E-state index contributed by atoms with van der Waals surface area (Å²) in [6.07, 6.45) is 7.35. The summed E-state index contributed by atoms with van der Waals surface area (Å²) in [4.78, 5) is 14.7. The summed E-state index contributed by atoms with van der Waals surface area (Å²) >= 11 is 0. The van der Waals surface area contributed by atoms with Crippen molar-refractivity contribution in [3.63, 3.8) is 0 Å². The summed E-state index contributed by atoms with van der Waals surface area (Å²) in [6.45, 7) is 2.08. The molecule has 2 N–H and O–H groups in total. The Labute approximate surface area is 118 Å². The molecule has 0 unspecified atom stereocenters. The van der Waals surface area contributed by atoms with Crippen LogP contribution in [0.5, 0.6) is 0 Å². The first-order valence-electron chi connectivity index (χ1n) is 7.07. The van der Waals surface area contributed by atoms with Crippen molar-refractivity contribution in [2.45, 2.75) is 51.0 Å². The van der Waals surface area contributed by atoms with Crippen LogP contribution in [0.1, 0.15) is 44.1 Å². The van der Waals surface area contributed by atoms with Crippen LogP contribution in [0.2, 0.25) is 0 Å². The minimum absolute atomic E-state index is 0.0396. The molecule has 0 aromatic carbocycles. The van der Waals surface area contributed by atoms with Crippen molar-refractivity contribution in [2.24, 2.45) is 0 Å². The van der Waals surface area contributed by atoms with E-state index in [1.165, 1.54) is 6.07 Å². The zero-order chi connectivity index (χ0) is 14.6. The third-order valence-corrected chi connectivity index (χ3v) is 3.82. The molecule has 20 heavy (non-hydrogen) atoms. The second kappa shape index (κ2) is 6.17. The van der Waals surface area contributed by atoms with E-state index in [1.807, 2.05) is 0 Å². The van der Waals surface area contributed by atoms with Crippen LogP contribution < -0.4 is 5.32 Å². The van der Waals surface area contributed by atoms with Gasteiger partial charge in [0.05, 0.1) is 10.5 Å². The molecular formula is C14H21N3O3. The van der Waals surface area contributed by atoms with Gasteiger partial charge in [-0.2, -0.15) is 0 Å². The molecule has 6 heteroatoms. The van der Waals surface area contributed by atoms with E-state index in [4.69, 9.17) is 0 Å². The highest BCUT2D eigenvalue weighted by Crippen LogP contribution is 2.29. The van der Waals surface area contributed by atoms with Crippen molar-refractivity contribution < 1.29 is 10.0 Å². The van der Waals surface area contributed by atoms with Crippen LogP contribution in [0.25, 0.3) is 0 Å². The summed E-state index contributed by atoms with van der Waals surface area (Å²) in [5.41, 5.74) is -0.0747. The Morgan fingerprint density at radius 2 is 2.05 bits per heavy atom. The Hall–Kier alpha value is -1.69. The molecule has 1 aliphatic carbocycles. The van der Waals surface area contributed by atoms with Crippen molar-refractivity contribution in [3.8, 4) is 0 Å². The Bertz CT molecular complexity index is 483. The van der Waals surface area contributed by atoms with E-state index >= 15 is 0 Å². The summed E-state index contributed by atoms with van der Waals surface area (Å²) in [6, 6.07) is 1.49. The second-order valence-corrected chi connectivity index (χ2v) is 5.63. The van der Waals surface area contributed by atoms with Crippen molar-refractivity contribution in [2.75, 3.05) is 11.9 Å². The quantitative estimate of drug-likeness (QED) is 0.502. The Morgan fingerprint density at radius 3 is 2.65 bits per heavy atom. The number of anilines is 1. The number of nitrogens with zero attached hydrogens (tertiary/aromatic N) is 2. The molecule has 1 heterocycles. The standard InChI is InChI=1S/C14H21N3O3/c1-11-8-12(17(19)20)13(15-9-11)16-10-14(18)6-4-2-3-5-7-14/h8-9,18H,2-7,10H2,1H3,(H,15,16). The predicted octanol–water partition coefficient (Wildman–Crippen LogP) is 2.80. The van der Waals surface area contributed by atoms with Gasteiger partial charge in [0, 0.05) is 18.8 Å². The number of aryl methyl sites for hydroxylation is 1. The molecule has 0 spiro atoms. The number of hydrogen-bond donors (Lipinski definition) is 2. The zero-order valence-corrected chi connectivity index (χ0v) is 11.8. The lowest BCUT2D eigenvalue weighted by Crippen LogP contribution is -2.36. The first-order valence-corrected chi connectivity index (χ1v) is 7.07. The number of pyridine rings is 1. The van der Waals surface area contributed by atoms with Gasteiger partial charge in [-0.25, -0.2) is 4.98 Å². The summed E-state index contributed by atoms with van der Waals surface area (Å²) in [7, 11) is 0. The third-order valence-electron chi connectivity index (χ3n) is 3.82. The normalized spacial score (nSPS) is 18.3. The molecule has 6 nitrogen and oxygen atoms in total. The largest absolute Gasteiger partial charge is 0.388 e. The SMILES string of the molecule is Cc1cnc(NCC2(O)CCCCCC2)c([N+](=O)[O-])c1. The molecule has 1 aliphatic rings. The first kappa shape index (κ1) is 14.7. The molecule has 1 aromatic heterocycles. The monoisotopic (exact) mass is 279 g/mol. The fraction of sp³-hybridized carbons (Fsp3) is 0.643. The smallest absolute Gasteiger partial charge is 0.311 e. The van der Waals surface area contributed by atoms with Crippen molar-refractivity contribution in [3.05, 3.63) is 27.9 Å². The number of aliphatic hydroxyl groups is 1. The predicted molar refractivity (Wildman–Crippen MR) is 76.8 cm³/mol. The minimum Gasteiger partial charge on any atom is -0.388 e. The molecule has 110 valence electrons. The van der Waals surface area contributed by atoms with E-state index in [-0.39, 0.29) is 11.5 Å². The van der Waals surface area contributed by atoms with E-state index in [2.05, 4.69) is 10.3 Å². The molecule has 1 aromatic rings. The molecular weight excluding hydrogens is 258 g/mol. The molecule has 0 aliphatic heterocycles. The van der Waals surface area contributed by atoms with Crippen LogP contribution in [-0.2, 0) is 0 Å². The van der Waals surface area contributed by atoms with Gasteiger partial charge in [-0.05, 0) is 25.3 Å². The van der Waals surface area contributed by atoms with E-state index in [1.54, 1.807) is 13.1 Å². The van der Waals surface area contributed by atoms with Crippen LogP contribution in [0.4, 0.5) is 11.5 Å². The highest BCUT2D eigenvalue weighted by molar-refractivity contribution is 5.56. The van der Waals surface area contributed by atoms with Gasteiger partial charge in [0.25, 0.3) is 0 Å². The Morgan fingerprint density at radius 1 is 1.40 bits per heavy atom. The molecule has 1 fully saturated rings. The van der Waals surface area contributed by atoms with Gasteiger partial charge in [0.2, 0.25) is 5.82 Å². The van der Waals surface area contributed by atoms with Crippen LogP contribution in [0.15, 0.2) is 12.3 Å². The number of aromatic nitrogens is 1. The lowest BCUT2D eigenvalue weighted by molar-refractivity contribution is -0.384. The zero-order valence-electron chi connectivity index (χ0n) is 11.8. The Kier molecular flexibility index (Phi) is 4.54. The van der Waals surface area contributed by atoms with Crippen molar-refractivity contribution in [1.29, 1.82) is 0 Å². The number of rotatable bonds is 4. The molecule has 0 radical (unpaired) electrons. The van der Waals surface area contributed by atoms with Crippen LogP contribution in [0.3, 0.4) is 0 Å². The van der Waals surface area contributed by atoms with Crippen LogP contribution >= 0.6 is 0 Å². The van der Waals surface area contributed by atoms with E-state index in [0.717, 1.165) is 44.1 Å². The average molecular weight is 279 g/mol. The molecule has 0 amide bonds.